The number of benzene rings is 2. The summed E-state index contributed by atoms with van der Waals surface area (Å²) in [5.74, 6) is -0.0793. The van der Waals surface area contributed by atoms with Gasteiger partial charge in [0, 0.05) is 5.56 Å². The van der Waals surface area contributed by atoms with E-state index < -0.39 is 0 Å². The molecule has 134 valence electrons. The average Bonchev–Trinajstić information content (AvgIpc) is 3.32. The van der Waals surface area contributed by atoms with Crippen LogP contribution in [0, 0.1) is 5.82 Å². The van der Waals surface area contributed by atoms with Gasteiger partial charge in [-0.15, -0.1) is 11.3 Å². The van der Waals surface area contributed by atoms with Crippen molar-refractivity contribution in [3.63, 3.8) is 0 Å². The lowest BCUT2D eigenvalue weighted by molar-refractivity contribution is 0.102. The van der Waals surface area contributed by atoms with Crippen LogP contribution >= 0.6 is 22.9 Å². The van der Waals surface area contributed by atoms with E-state index in [1.807, 2.05) is 0 Å². The highest BCUT2D eigenvalue weighted by Gasteiger charge is 2.18. The standard InChI is InChI=1S/C19H11ClFN3O2S/c20-14-4-2-1-3-13(14)18(25)22-15-9-10-27-16(15)19-23-17(24-26-19)11-5-7-12(21)8-6-11/h1-10H,(H,22,25). The Morgan fingerprint density at radius 1 is 1.11 bits per heavy atom. The van der Waals surface area contributed by atoms with Crippen LogP contribution < -0.4 is 5.32 Å². The summed E-state index contributed by atoms with van der Waals surface area (Å²) < 4.78 is 18.4. The molecule has 0 bridgehead atoms. The van der Waals surface area contributed by atoms with Crippen LogP contribution in [-0.4, -0.2) is 16.0 Å². The zero-order valence-corrected chi connectivity index (χ0v) is 15.2. The second kappa shape index (κ2) is 7.30. The first-order valence-corrected chi connectivity index (χ1v) is 9.11. The molecule has 0 saturated carbocycles. The molecule has 0 saturated heterocycles. The molecule has 0 aliphatic heterocycles. The quantitative estimate of drug-likeness (QED) is 0.491. The van der Waals surface area contributed by atoms with Crippen LogP contribution in [0.3, 0.4) is 0 Å². The number of carbonyl (C=O) groups is 1. The molecule has 5 nitrogen and oxygen atoms in total. The van der Waals surface area contributed by atoms with E-state index in [-0.39, 0.29) is 17.6 Å². The van der Waals surface area contributed by atoms with E-state index in [0.29, 0.717) is 32.5 Å². The number of hydrogen-bond donors (Lipinski definition) is 1. The zero-order chi connectivity index (χ0) is 18.8. The second-order valence-electron chi connectivity index (χ2n) is 5.53. The van der Waals surface area contributed by atoms with Crippen LogP contribution in [0.15, 0.2) is 64.5 Å². The lowest BCUT2D eigenvalue weighted by Gasteiger charge is -2.06. The lowest BCUT2D eigenvalue weighted by atomic mass is 10.2. The third-order valence-electron chi connectivity index (χ3n) is 3.75. The molecule has 0 spiro atoms. The number of anilines is 1. The summed E-state index contributed by atoms with van der Waals surface area (Å²) in [6.45, 7) is 0. The number of hydrogen-bond acceptors (Lipinski definition) is 5. The van der Waals surface area contributed by atoms with E-state index in [4.69, 9.17) is 16.1 Å². The van der Waals surface area contributed by atoms with Crippen molar-refractivity contribution in [2.24, 2.45) is 0 Å². The van der Waals surface area contributed by atoms with Crippen molar-refractivity contribution >= 4 is 34.5 Å². The first-order valence-electron chi connectivity index (χ1n) is 7.85. The molecule has 27 heavy (non-hydrogen) atoms. The van der Waals surface area contributed by atoms with Crippen LogP contribution in [0.5, 0.6) is 0 Å². The predicted octanol–water partition coefficient (Wildman–Crippen LogP) is 5.51. The Kier molecular flexibility index (Phi) is 4.70. The van der Waals surface area contributed by atoms with E-state index in [9.17, 15) is 9.18 Å². The average molecular weight is 400 g/mol. The number of nitrogens with one attached hydrogen (secondary N) is 1. The molecule has 2 aromatic carbocycles. The van der Waals surface area contributed by atoms with Gasteiger partial charge >= 0.3 is 0 Å². The molecular weight excluding hydrogens is 389 g/mol. The van der Waals surface area contributed by atoms with Crippen LogP contribution in [-0.2, 0) is 0 Å². The Morgan fingerprint density at radius 3 is 2.67 bits per heavy atom. The second-order valence-corrected chi connectivity index (χ2v) is 6.85. The normalized spacial score (nSPS) is 10.7. The first kappa shape index (κ1) is 17.4. The Bertz CT molecular complexity index is 1110. The zero-order valence-electron chi connectivity index (χ0n) is 13.6. The first-order chi connectivity index (χ1) is 13.1. The van der Waals surface area contributed by atoms with Crippen molar-refractivity contribution in [3.8, 4) is 22.2 Å². The van der Waals surface area contributed by atoms with Gasteiger partial charge in [-0.1, -0.05) is 28.9 Å². The molecule has 2 heterocycles. The monoisotopic (exact) mass is 399 g/mol. The Labute approximate surface area is 162 Å². The summed E-state index contributed by atoms with van der Waals surface area (Å²) in [7, 11) is 0. The fraction of sp³-hybridized carbons (Fsp3) is 0. The molecule has 4 rings (SSSR count). The molecule has 8 heteroatoms. The van der Waals surface area contributed by atoms with E-state index in [2.05, 4.69) is 15.5 Å². The van der Waals surface area contributed by atoms with Gasteiger partial charge in [0.1, 0.15) is 10.7 Å². The highest BCUT2D eigenvalue weighted by Crippen LogP contribution is 2.34. The van der Waals surface area contributed by atoms with E-state index >= 15 is 0 Å². The Hall–Kier alpha value is -3.03. The molecule has 1 amide bonds. The number of carbonyl (C=O) groups excluding carboxylic acids is 1. The summed E-state index contributed by atoms with van der Waals surface area (Å²) in [5, 5.41) is 8.91. The smallest absolute Gasteiger partial charge is 0.270 e. The largest absolute Gasteiger partial charge is 0.333 e. The summed E-state index contributed by atoms with van der Waals surface area (Å²) in [6, 6.07) is 14.3. The van der Waals surface area contributed by atoms with Gasteiger partial charge in [-0.2, -0.15) is 4.98 Å². The van der Waals surface area contributed by atoms with Crippen molar-refractivity contribution in [1.82, 2.24) is 10.1 Å². The topological polar surface area (TPSA) is 68.0 Å². The number of thiophene rings is 1. The van der Waals surface area contributed by atoms with Crippen LogP contribution in [0.25, 0.3) is 22.2 Å². The van der Waals surface area contributed by atoms with Gasteiger partial charge in [0.2, 0.25) is 5.82 Å². The fourth-order valence-electron chi connectivity index (χ4n) is 2.44. The number of nitrogens with zero attached hydrogens (tertiary/aromatic N) is 2. The predicted molar refractivity (Wildman–Crippen MR) is 102 cm³/mol. The maximum Gasteiger partial charge on any atom is 0.270 e. The number of amides is 1. The Morgan fingerprint density at radius 2 is 1.89 bits per heavy atom. The van der Waals surface area contributed by atoms with Gasteiger partial charge in [-0.05, 0) is 47.8 Å². The molecule has 0 fully saturated rings. The summed E-state index contributed by atoms with van der Waals surface area (Å²) >= 11 is 7.42. The summed E-state index contributed by atoms with van der Waals surface area (Å²) in [6.07, 6.45) is 0. The molecule has 0 radical (unpaired) electrons. The maximum atomic E-state index is 13.1. The number of halogens is 2. The molecule has 0 aliphatic rings. The molecule has 0 aliphatic carbocycles. The van der Waals surface area contributed by atoms with E-state index in [1.54, 1.807) is 47.8 Å². The van der Waals surface area contributed by atoms with Gasteiger partial charge in [0.25, 0.3) is 11.8 Å². The van der Waals surface area contributed by atoms with Crippen LogP contribution in [0.2, 0.25) is 5.02 Å². The minimum absolute atomic E-state index is 0.263. The summed E-state index contributed by atoms with van der Waals surface area (Å²) in [5.41, 5.74) is 1.54. The van der Waals surface area contributed by atoms with Gasteiger partial charge in [0.15, 0.2) is 0 Å². The number of aromatic nitrogens is 2. The molecule has 2 aromatic heterocycles. The van der Waals surface area contributed by atoms with Crippen molar-refractivity contribution in [2.45, 2.75) is 0 Å². The lowest BCUT2D eigenvalue weighted by Crippen LogP contribution is -2.12. The van der Waals surface area contributed by atoms with Gasteiger partial charge < -0.3 is 9.84 Å². The molecule has 0 atom stereocenters. The maximum absolute atomic E-state index is 13.1. The minimum Gasteiger partial charge on any atom is -0.333 e. The molecular formula is C19H11ClFN3O2S. The highest BCUT2D eigenvalue weighted by atomic mass is 35.5. The minimum atomic E-state index is -0.342. The van der Waals surface area contributed by atoms with Crippen molar-refractivity contribution < 1.29 is 13.7 Å². The van der Waals surface area contributed by atoms with Gasteiger partial charge in [-0.25, -0.2) is 4.39 Å². The number of rotatable bonds is 4. The molecule has 4 aromatic rings. The third kappa shape index (κ3) is 3.60. The molecule has 0 unspecified atom stereocenters. The van der Waals surface area contributed by atoms with Gasteiger partial charge in [-0.3, -0.25) is 4.79 Å². The van der Waals surface area contributed by atoms with E-state index in [0.717, 1.165) is 0 Å². The Balaban J connectivity index is 1.60. The van der Waals surface area contributed by atoms with Crippen molar-refractivity contribution in [1.29, 1.82) is 0 Å². The summed E-state index contributed by atoms with van der Waals surface area (Å²) in [4.78, 5) is 17.4. The van der Waals surface area contributed by atoms with E-state index in [1.165, 1.54) is 23.5 Å². The molecule has 1 N–H and O–H groups in total. The SMILES string of the molecule is O=C(Nc1ccsc1-c1nc(-c2ccc(F)cc2)no1)c1ccccc1Cl. The van der Waals surface area contributed by atoms with Crippen molar-refractivity contribution in [2.75, 3.05) is 5.32 Å². The fourth-order valence-corrected chi connectivity index (χ4v) is 3.43. The highest BCUT2D eigenvalue weighted by molar-refractivity contribution is 7.14. The van der Waals surface area contributed by atoms with Gasteiger partial charge in [0.05, 0.1) is 16.3 Å². The van der Waals surface area contributed by atoms with Crippen LogP contribution in [0.4, 0.5) is 10.1 Å². The van der Waals surface area contributed by atoms with Crippen molar-refractivity contribution in [3.05, 3.63) is 76.4 Å². The van der Waals surface area contributed by atoms with Crippen LogP contribution in [0.1, 0.15) is 10.4 Å². The third-order valence-corrected chi connectivity index (χ3v) is 4.99.